The van der Waals surface area contributed by atoms with Gasteiger partial charge in [0.05, 0.1) is 26.5 Å². The summed E-state index contributed by atoms with van der Waals surface area (Å²) in [7, 11) is -3.23. The van der Waals surface area contributed by atoms with Crippen LogP contribution in [0.4, 0.5) is 11.4 Å². The van der Waals surface area contributed by atoms with Crippen LogP contribution in [0.25, 0.3) is 0 Å². The van der Waals surface area contributed by atoms with Crippen LogP contribution in [0.15, 0.2) is 36.4 Å². The summed E-state index contributed by atoms with van der Waals surface area (Å²) in [5.41, 5.74) is 1.09. The fourth-order valence-corrected chi connectivity index (χ4v) is 4.75. The molecule has 0 aromatic heterocycles. The third-order valence-electron chi connectivity index (χ3n) is 3.87. The van der Waals surface area contributed by atoms with Crippen LogP contribution < -0.4 is 14.4 Å². The molecule has 3 rings (SSSR count). The standard InChI is InChI=1S/C17H15Cl3N2O4S/c18-13-8-15(20)16(9-14(13)19)26-10-17(23)21-11-2-4-12(5-3-11)22-6-1-7-27(22,24)25/h2-5,8-9H,1,6-7,10H2,(H,21,23). The second kappa shape index (κ2) is 8.14. The van der Waals surface area contributed by atoms with E-state index in [1.807, 2.05) is 0 Å². The van der Waals surface area contributed by atoms with E-state index in [4.69, 9.17) is 39.5 Å². The molecule has 0 aliphatic carbocycles. The molecule has 2 aromatic rings. The van der Waals surface area contributed by atoms with Gasteiger partial charge in [-0.15, -0.1) is 0 Å². The van der Waals surface area contributed by atoms with Crippen LogP contribution in [0.2, 0.25) is 15.1 Å². The average Bonchev–Trinajstić information content (AvgIpc) is 2.97. The highest BCUT2D eigenvalue weighted by Crippen LogP contribution is 2.33. The highest BCUT2D eigenvalue weighted by molar-refractivity contribution is 7.93. The maximum absolute atomic E-state index is 12.0. The van der Waals surface area contributed by atoms with Crippen molar-refractivity contribution in [1.82, 2.24) is 0 Å². The number of halogens is 3. The molecule has 1 saturated heterocycles. The summed E-state index contributed by atoms with van der Waals surface area (Å²) in [4.78, 5) is 12.0. The molecular formula is C17H15Cl3N2O4S. The second-order valence-electron chi connectivity index (χ2n) is 5.82. The fourth-order valence-electron chi connectivity index (χ4n) is 2.60. The van der Waals surface area contributed by atoms with Crippen LogP contribution >= 0.6 is 34.8 Å². The number of nitrogens with one attached hydrogen (secondary N) is 1. The molecule has 144 valence electrons. The number of amides is 1. The zero-order valence-electron chi connectivity index (χ0n) is 13.9. The van der Waals surface area contributed by atoms with Gasteiger partial charge in [-0.1, -0.05) is 34.8 Å². The molecule has 1 fully saturated rings. The molecule has 1 aliphatic heterocycles. The summed E-state index contributed by atoms with van der Waals surface area (Å²) in [5.74, 6) is -0.00500. The van der Waals surface area contributed by atoms with Gasteiger partial charge in [0.2, 0.25) is 10.0 Å². The maximum Gasteiger partial charge on any atom is 0.262 e. The summed E-state index contributed by atoms with van der Waals surface area (Å²) >= 11 is 17.7. The van der Waals surface area contributed by atoms with Crippen molar-refractivity contribution in [1.29, 1.82) is 0 Å². The predicted octanol–water partition coefficient (Wildman–Crippen LogP) is 4.20. The van der Waals surface area contributed by atoms with Gasteiger partial charge in [0.25, 0.3) is 5.91 Å². The van der Waals surface area contributed by atoms with Crippen LogP contribution in [-0.2, 0) is 14.8 Å². The highest BCUT2D eigenvalue weighted by atomic mass is 35.5. The molecule has 6 nitrogen and oxygen atoms in total. The van der Waals surface area contributed by atoms with E-state index < -0.39 is 15.9 Å². The van der Waals surface area contributed by atoms with Gasteiger partial charge in [-0.2, -0.15) is 0 Å². The second-order valence-corrected chi connectivity index (χ2v) is 9.06. The third-order valence-corrected chi connectivity index (χ3v) is 6.76. The third kappa shape index (κ3) is 4.79. The molecule has 1 N–H and O–H groups in total. The lowest BCUT2D eigenvalue weighted by Gasteiger charge is -2.17. The van der Waals surface area contributed by atoms with Crippen molar-refractivity contribution < 1.29 is 17.9 Å². The van der Waals surface area contributed by atoms with E-state index >= 15 is 0 Å². The van der Waals surface area contributed by atoms with Crippen molar-refractivity contribution in [3.05, 3.63) is 51.5 Å². The topological polar surface area (TPSA) is 75.7 Å². The van der Waals surface area contributed by atoms with Gasteiger partial charge in [0.15, 0.2) is 6.61 Å². The van der Waals surface area contributed by atoms with Crippen molar-refractivity contribution in [2.75, 3.05) is 28.5 Å². The van der Waals surface area contributed by atoms with E-state index in [-0.39, 0.29) is 28.2 Å². The Labute approximate surface area is 172 Å². The van der Waals surface area contributed by atoms with Crippen LogP contribution in [0.1, 0.15) is 6.42 Å². The van der Waals surface area contributed by atoms with Gasteiger partial charge in [0.1, 0.15) is 5.75 Å². The van der Waals surface area contributed by atoms with E-state index in [1.54, 1.807) is 24.3 Å². The van der Waals surface area contributed by atoms with Crippen LogP contribution in [0, 0.1) is 0 Å². The first-order valence-corrected chi connectivity index (χ1v) is 10.7. The molecule has 0 radical (unpaired) electrons. The number of carbonyl (C=O) groups excluding carboxylic acids is 1. The van der Waals surface area contributed by atoms with Crippen molar-refractivity contribution in [3.8, 4) is 5.75 Å². The first kappa shape index (κ1) is 20.1. The number of hydrogen-bond acceptors (Lipinski definition) is 4. The number of rotatable bonds is 5. The van der Waals surface area contributed by atoms with Crippen LogP contribution in [0.5, 0.6) is 5.75 Å². The predicted molar refractivity (Wildman–Crippen MR) is 108 cm³/mol. The molecule has 0 bridgehead atoms. The van der Waals surface area contributed by atoms with Crippen molar-refractivity contribution in [3.63, 3.8) is 0 Å². The molecule has 0 unspecified atom stereocenters. The summed E-state index contributed by atoms with van der Waals surface area (Å²) in [6.45, 7) is 0.187. The molecule has 0 spiro atoms. The van der Waals surface area contributed by atoms with E-state index in [9.17, 15) is 13.2 Å². The van der Waals surface area contributed by atoms with Gasteiger partial charge in [-0.3, -0.25) is 9.10 Å². The molecule has 2 aromatic carbocycles. The Morgan fingerprint density at radius 1 is 1.07 bits per heavy atom. The Kier molecular flexibility index (Phi) is 6.05. The van der Waals surface area contributed by atoms with E-state index in [0.717, 1.165) is 0 Å². The zero-order chi connectivity index (χ0) is 19.6. The van der Waals surface area contributed by atoms with Gasteiger partial charge < -0.3 is 10.1 Å². The minimum atomic E-state index is -3.23. The summed E-state index contributed by atoms with van der Waals surface area (Å²) < 4.78 is 30.6. The van der Waals surface area contributed by atoms with E-state index in [2.05, 4.69) is 5.32 Å². The number of benzene rings is 2. The lowest BCUT2D eigenvalue weighted by Crippen LogP contribution is -2.25. The molecule has 0 saturated carbocycles. The zero-order valence-corrected chi connectivity index (χ0v) is 17.0. The largest absolute Gasteiger partial charge is 0.482 e. The minimum absolute atomic E-state index is 0.153. The maximum atomic E-state index is 12.0. The molecule has 0 atom stereocenters. The lowest BCUT2D eigenvalue weighted by molar-refractivity contribution is -0.118. The Morgan fingerprint density at radius 3 is 2.37 bits per heavy atom. The highest BCUT2D eigenvalue weighted by Gasteiger charge is 2.28. The number of nitrogens with zero attached hydrogens (tertiary/aromatic N) is 1. The number of sulfonamides is 1. The summed E-state index contributed by atoms with van der Waals surface area (Å²) in [5, 5.41) is 3.46. The average molecular weight is 450 g/mol. The quantitative estimate of drug-likeness (QED) is 0.694. The number of hydrogen-bond donors (Lipinski definition) is 1. The smallest absolute Gasteiger partial charge is 0.262 e. The molecule has 1 heterocycles. The normalized spacial score (nSPS) is 15.6. The summed E-state index contributed by atoms with van der Waals surface area (Å²) in [6.07, 6.45) is 0.607. The Morgan fingerprint density at radius 2 is 1.74 bits per heavy atom. The molecular weight excluding hydrogens is 435 g/mol. The fraction of sp³-hybridized carbons (Fsp3) is 0.235. The van der Waals surface area contributed by atoms with Crippen LogP contribution in [0.3, 0.4) is 0 Å². The molecule has 1 amide bonds. The molecule has 27 heavy (non-hydrogen) atoms. The molecule has 10 heteroatoms. The Bertz CT molecular complexity index is 965. The lowest BCUT2D eigenvalue weighted by atomic mass is 10.2. The van der Waals surface area contributed by atoms with Crippen molar-refractivity contribution in [2.45, 2.75) is 6.42 Å². The Hall–Kier alpha value is -1.67. The Balaban J connectivity index is 1.59. The SMILES string of the molecule is O=C(COc1cc(Cl)c(Cl)cc1Cl)Nc1ccc(N2CCCS2(=O)=O)cc1. The van der Waals surface area contributed by atoms with Crippen molar-refractivity contribution >= 4 is 62.1 Å². The van der Waals surface area contributed by atoms with Gasteiger partial charge >= 0.3 is 0 Å². The number of carbonyl (C=O) groups is 1. The van der Waals surface area contributed by atoms with Crippen LogP contribution in [-0.4, -0.2) is 33.2 Å². The monoisotopic (exact) mass is 448 g/mol. The first-order chi connectivity index (χ1) is 12.8. The number of ether oxygens (including phenoxy) is 1. The van der Waals surface area contributed by atoms with Gasteiger partial charge in [-0.25, -0.2) is 8.42 Å². The number of anilines is 2. The van der Waals surface area contributed by atoms with Gasteiger partial charge in [-0.05, 0) is 36.8 Å². The molecule has 1 aliphatic rings. The summed E-state index contributed by atoms with van der Waals surface area (Å²) in [6, 6.07) is 9.43. The first-order valence-electron chi connectivity index (χ1n) is 7.94. The van der Waals surface area contributed by atoms with Gasteiger partial charge in [0, 0.05) is 18.3 Å². The minimum Gasteiger partial charge on any atom is -0.482 e. The van der Waals surface area contributed by atoms with E-state index in [0.29, 0.717) is 29.4 Å². The van der Waals surface area contributed by atoms with E-state index in [1.165, 1.54) is 16.4 Å². The van der Waals surface area contributed by atoms with Crippen molar-refractivity contribution in [2.24, 2.45) is 0 Å².